The highest BCUT2D eigenvalue weighted by Gasteiger charge is 2.23. The molecular weight excluding hydrogens is 260 g/mol. The molecular formula is C14H24N2O2S. The van der Waals surface area contributed by atoms with Gasteiger partial charge >= 0.3 is 10.2 Å². The Morgan fingerprint density at radius 1 is 1.11 bits per heavy atom. The minimum absolute atomic E-state index is 0.443. The van der Waals surface area contributed by atoms with Crippen LogP contribution in [0.15, 0.2) is 24.3 Å². The first-order chi connectivity index (χ1) is 8.80. The number of nitrogens with zero attached hydrogens (tertiary/aromatic N) is 2. The molecule has 0 saturated heterocycles. The minimum Gasteiger partial charge on any atom is -0.261 e. The second kappa shape index (κ2) is 6.39. The van der Waals surface area contributed by atoms with Crippen molar-refractivity contribution in [3.05, 3.63) is 29.8 Å². The largest absolute Gasteiger partial charge is 0.303 e. The summed E-state index contributed by atoms with van der Waals surface area (Å²) in [4.78, 5) is 0. The van der Waals surface area contributed by atoms with Crippen molar-refractivity contribution in [1.82, 2.24) is 4.31 Å². The van der Waals surface area contributed by atoms with Gasteiger partial charge in [0.2, 0.25) is 0 Å². The molecule has 0 aromatic heterocycles. The molecule has 0 radical (unpaired) electrons. The van der Waals surface area contributed by atoms with E-state index in [1.54, 1.807) is 14.1 Å². The highest BCUT2D eigenvalue weighted by molar-refractivity contribution is 7.90. The minimum atomic E-state index is -3.42. The number of benzene rings is 1. The molecule has 1 aromatic carbocycles. The second-order valence-corrected chi connectivity index (χ2v) is 7.11. The maximum atomic E-state index is 12.3. The molecule has 108 valence electrons. The molecule has 0 bridgehead atoms. The molecule has 0 aliphatic heterocycles. The third-order valence-electron chi connectivity index (χ3n) is 3.20. The van der Waals surface area contributed by atoms with Crippen LogP contribution in [0.3, 0.4) is 0 Å². The van der Waals surface area contributed by atoms with Crippen LogP contribution in [0.25, 0.3) is 0 Å². The summed E-state index contributed by atoms with van der Waals surface area (Å²) in [6.07, 6.45) is 0.801. The molecule has 0 spiro atoms. The van der Waals surface area contributed by atoms with E-state index in [2.05, 4.69) is 13.8 Å². The van der Waals surface area contributed by atoms with Crippen LogP contribution in [0.5, 0.6) is 0 Å². The number of hydrogen-bond acceptors (Lipinski definition) is 2. The zero-order chi connectivity index (χ0) is 14.6. The highest BCUT2D eigenvalue weighted by atomic mass is 32.2. The van der Waals surface area contributed by atoms with E-state index in [0.717, 1.165) is 6.42 Å². The van der Waals surface area contributed by atoms with Gasteiger partial charge in [-0.2, -0.15) is 12.7 Å². The van der Waals surface area contributed by atoms with Crippen molar-refractivity contribution >= 4 is 15.9 Å². The lowest BCUT2D eigenvalue weighted by Crippen LogP contribution is -2.40. The normalized spacial score (nSPS) is 12.2. The van der Waals surface area contributed by atoms with Crippen LogP contribution in [0.2, 0.25) is 0 Å². The van der Waals surface area contributed by atoms with Crippen LogP contribution in [0.4, 0.5) is 5.69 Å². The fourth-order valence-electron chi connectivity index (χ4n) is 1.84. The third-order valence-corrected chi connectivity index (χ3v) is 5.08. The molecule has 0 N–H and O–H groups in total. The van der Waals surface area contributed by atoms with Gasteiger partial charge in [-0.3, -0.25) is 4.31 Å². The van der Waals surface area contributed by atoms with Crippen molar-refractivity contribution in [3.8, 4) is 0 Å². The lowest BCUT2D eigenvalue weighted by Gasteiger charge is -2.25. The molecule has 5 heteroatoms. The average molecular weight is 284 g/mol. The maximum Gasteiger partial charge on any atom is 0.303 e. The van der Waals surface area contributed by atoms with Gasteiger partial charge in [0.15, 0.2) is 0 Å². The van der Waals surface area contributed by atoms with E-state index < -0.39 is 10.2 Å². The standard InChI is InChI=1S/C14H24N2O2S/c1-6-11-15(4)19(17,18)16(5)14-9-7-13(8-10-14)12(2)3/h7-10,12H,6,11H2,1-5H3. The van der Waals surface area contributed by atoms with Crippen LogP contribution in [-0.2, 0) is 10.2 Å². The van der Waals surface area contributed by atoms with Crippen LogP contribution in [0.1, 0.15) is 38.7 Å². The molecule has 0 fully saturated rings. The molecule has 0 heterocycles. The summed E-state index contributed by atoms with van der Waals surface area (Å²) in [5.41, 5.74) is 1.89. The predicted molar refractivity (Wildman–Crippen MR) is 80.8 cm³/mol. The summed E-state index contributed by atoms with van der Waals surface area (Å²) in [6.45, 7) is 6.72. The Kier molecular flexibility index (Phi) is 5.38. The fraction of sp³-hybridized carbons (Fsp3) is 0.571. The lowest BCUT2D eigenvalue weighted by molar-refractivity contribution is 0.467. The van der Waals surface area contributed by atoms with Crippen LogP contribution < -0.4 is 4.31 Å². The van der Waals surface area contributed by atoms with Crippen molar-refractivity contribution in [1.29, 1.82) is 0 Å². The van der Waals surface area contributed by atoms with Gasteiger partial charge in [0.25, 0.3) is 0 Å². The summed E-state index contributed by atoms with van der Waals surface area (Å²) in [7, 11) is -0.223. The van der Waals surface area contributed by atoms with Gasteiger partial charge in [0, 0.05) is 20.6 Å². The average Bonchev–Trinajstić information content (AvgIpc) is 2.38. The van der Waals surface area contributed by atoms with E-state index in [1.807, 2.05) is 31.2 Å². The second-order valence-electron chi connectivity index (χ2n) is 5.04. The number of hydrogen-bond donors (Lipinski definition) is 0. The monoisotopic (exact) mass is 284 g/mol. The fourth-order valence-corrected chi connectivity index (χ4v) is 3.06. The van der Waals surface area contributed by atoms with E-state index in [1.165, 1.54) is 14.2 Å². The summed E-state index contributed by atoms with van der Waals surface area (Å²) >= 11 is 0. The first-order valence-corrected chi connectivity index (χ1v) is 8.00. The van der Waals surface area contributed by atoms with Gasteiger partial charge in [-0.15, -0.1) is 0 Å². The van der Waals surface area contributed by atoms with Gasteiger partial charge in [-0.25, -0.2) is 0 Å². The molecule has 0 saturated carbocycles. The predicted octanol–water partition coefficient (Wildman–Crippen LogP) is 2.83. The first-order valence-electron chi connectivity index (χ1n) is 6.60. The molecule has 0 aliphatic rings. The Morgan fingerprint density at radius 3 is 2.05 bits per heavy atom. The Hall–Kier alpha value is -1.07. The number of rotatable bonds is 6. The summed E-state index contributed by atoms with van der Waals surface area (Å²) < 4.78 is 27.3. The maximum absolute atomic E-state index is 12.3. The zero-order valence-electron chi connectivity index (χ0n) is 12.4. The van der Waals surface area contributed by atoms with Crippen LogP contribution >= 0.6 is 0 Å². The Balaban J connectivity index is 2.96. The molecule has 1 aromatic rings. The quantitative estimate of drug-likeness (QED) is 0.806. The van der Waals surface area contributed by atoms with Crippen molar-refractivity contribution in [2.75, 3.05) is 24.9 Å². The zero-order valence-corrected chi connectivity index (χ0v) is 13.2. The van der Waals surface area contributed by atoms with Gasteiger partial charge in [-0.05, 0) is 30.0 Å². The summed E-state index contributed by atoms with van der Waals surface area (Å²) in [6, 6.07) is 7.66. The summed E-state index contributed by atoms with van der Waals surface area (Å²) in [5, 5.41) is 0. The van der Waals surface area contributed by atoms with Gasteiger partial charge in [0.05, 0.1) is 5.69 Å². The number of anilines is 1. The molecule has 0 aliphatic carbocycles. The van der Waals surface area contributed by atoms with Gasteiger partial charge < -0.3 is 0 Å². The van der Waals surface area contributed by atoms with E-state index in [-0.39, 0.29) is 0 Å². The van der Waals surface area contributed by atoms with Gasteiger partial charge in [-0.1, -0.05) is 32.9 Å². The Bertz CT molecular complexity index is 495. The van der Waals surface area contributed by atoms with E-state index in [9.17, 15) is 8.42 Å². The van der Waals surface area contributed by atoms with Crippen molar-refractivity contribution in [3.63, 3.8) is 0 Å². The van der Waals surface area contributed by atoms with E-state index in [4.69, 9.17) is 0 Å². The van der Waals surface area contributed by atoms with Gasteiger partial charge in [0.1, 0.15) is 0 Å². The smallest absolute Gasteiger partial charge is 0.261 e. The van der Waals surface area contributed by atoms with E-state index >= 15 is 0 Å². The molecule has 0 atom stereocenters. The van der Waals surface area contributed by atoms with Crippen molar-refractivity contribution in [2.45, 2.75) is 33.1 Å². The first kappa shape index (κ1) is 16.0. The van der Waals surface area contributed by atoms with Crippen LogP contribution in [0, 0.1) is 0 Å². The molecule has 1 rings (SSSR count). The van der Waals surface area contributed by atoms with Crippen LogP contribution in [-0.4, -0.2) is 33.4 Å². The third kappa shape index (κ3) is 3.70. The Morgan fingerprint density at radius 2 is 1.63 bits per heavy atom. The summed E-state index contributed by atoms with van der Waals surface area (Å²) in [5.74, 6) is 0.443. The molecule has 0 amide bonds. The molecule has 19 heavy (non-hydrogen) atoms. The Labute approximate surface area is 117 Å². The lowest BCUT2D eigenvalue weighted by atomic mass is 10.0. The molecule has 0 unspecified atom stereocenters. The van der Waals surface area contributed by atoms with E-state index in [0.29, 0.717) is 18.2 Å². The van der Waals surface area contributed by atoms with Crippen molar-refractivity contribution < 1.29 is 8.42 Å². The van der Waals surface area contributed by atoms with Crippen molar-refractivity contribution in [2.24, 2.45) is 0 Å². The molecule has 4 nitrogen and oxygen atoms in total. The highest BCUT2D eigenvalue weighted by Crippen LogP contribution is 2.22. The SMILES string of the molecule is CCCN(C)S(=O)(=O)N(C)c1ccc(C(C)C)cc1. The topological polar surface area (TPSA) is 40.6 Å².